The molecule has 3 heteroatoms. The second kappa shape index (κ2) is 5.84. The maximum atomic E-state index is 5.52. The zero-order valence-electron chi connectivity index (χ0n) is 7.79. The fourth-order valence-electron chi connectivity index (χ4n) is 1.77. The number of nitrogens with two attached hydrogens (primary N) is 1. The Balaban J connectivity index is 2.29. The highest BCUT2D eigenvalue weighted by molar-refractivity contribution is 7.99. The van der Waals surface area contributed by atoms with Crippen LogP contribution < -0.4 is 5.73 Å². The lowest BCUT2D eigenvalue weighted by molar-refractivity contribution is 0.0512. The molecule has 0 radical (unpaired) electrons. The van der Waals surface area contributed by atoms with Gasteiger partial charge < -0.3 is 10.5 Å². The first-order chi connectivity index (χ1) is 5.88. The molecule has 0 aromatic rings. The van der Waals surface area contributed by atoms with Crippen molar-refractivity contribution in [1.82, 2.24) is 0 Å². The van der Waals surface area contributed by atoms with Gasteiger partial charge in [-0.3, -0.25) is 0 Å². The van der Waals surface area contributed by atoms with Gasteiger partial charge in [-0.1, -0.05) is 0 Å². The van der Waals surface area contributed by atoms with E-state index in [9.17, 15) is 0 Å². The van der Waals surface area contributed by atoms with Crippen LogP contribution in [0.25, 0.3) is 0 Å². The lowest BCUT2D eigenvalue weighted by Gasteiger charge is -2.28. The molecule has 1 fully saturated rings. The molecule has 2 atom stereocenters. The molecule has 0 bridgehead atoms. The number of rotatable bonds is 4. The Hall–Kier alpha value is 0.270. The van der Waals surface area contributed by atoms with Crippen LogP contribution >= 0.6 is 11.8 Å². The van der Waals surface area contributed by atoms with Crippen molar-refractivity contribution >= 4 is 11.8 Å². The summed E-state index contributed by atoms with van der Waals surface area (Å²) < 4.78 is 5.44. The van der Waals surface area contributed by atoms with E-state index in [1.165, 1.54) is 24.3 Å². The normalized spacial score (nSPS) is 27.0. The summed E-state index contributed by atoms with van der Waals surface area (Å²) in [6.07, 6.45) is 4.09. The molecule has 1 aliphatic rings. The molecule has 0 spiro atoms. The SMILES string of the molecule is COC(CCN)C1CCCSC1. The third kappa shape index (κ3) is 2.96. The highest BCUT2D eigenvalue weighted by Gasteiger charge is 2.22. The third-order valence-corrected chi connectivity index (χ3v) is 3.72. The summed E-state index contributed by atoms with van der Waals surface area (Å²) in [6, 6.07) is 0. The molecule has 2 unspecified atom stereocenters. The van der Waals surface area contributed by atoms with Gasteiger partial charge in [-0.05, 0) is 43.2 Å². The summed E-state index contributed by atoms with van der Waals surface area (Å²) in [5.74, 6) is 3.34. The van der Waals surface area contributed by atoms with Crippen molar-refractivity contribution < 1.29 is 4.74 Å². The van der Waals surface area contributed by atoms with Crippen LogP contribution in [-0.2, 0) is 4.74 Å². The molecule has 1 heterocycles. The number of thioether (sulfide) groups is 1. The summed E-state index contributed by atoms with van der Waals surface area (Å²) in [4.78, 5) is 0. The monoisotopic (exact) mass is 189 g/mol. The minimum Gasteiger partial charge on any atom is -0.381 e. The van der Waals surface area contributed by atoms with E-state index in [1.807, 2.05) is 0 Å². The highest BCUT2D eigenvalue weighted by atomic mass is 32.2. The molecule has 0 aromatic carbocycles. The molecule has 0 aromatic heterocycles. The van der Waals surface area contributed by atoms with E-state index in [1.54, 1.807) is 7.11 Å². The van der Waals surface area contributed by atoms with Crippen molar-refractivity contribution in [2.75, 3.05) is 25.2 Å². The van der Waals surface area contributed by atoms with Crippen molar-refractivity contribution in [2.45, 2.75) is 25.4 Å². The van der Waals surface area contributed by atoms with Crippen LogP contribution in [0.2, 0.25) is 0 Å². The van der Waals surface area contributed by atoms with Crippen LogP contribution in [0.5, 0.6) is 0 Å². The Bertz CT molecular complexity index is 112. The Kier molecular flexibility index (Phi) is 5.04. The largest absolute Gasteiger partial charge is 0.381 e. The molecule has 1 aliphatic heterocycles. The fraction of sp³-hybridized carbons (Fsp3) is 1.00. The first-order valence-electron chi connectivity index (χ1n) is 4.69. The van der Waals surface area contributed by atoms with Gasteiger partial charge in [-0.2, -0.15) is 11.8 Å². The quantitative estimate of drug-likeness (QED) is 0.728. The first-order valence-corrected chi connectivity index (χ1v) is 5.84. The molecule has 2 N–H and O–H groups in total. The van der Waals surface area contributed by atoms with Gasteiger partial charge in [0.15, 0.2) is 0 Å². The molecule has 0 saturated carbocycles. The van der Waals surface area contributed by atoms with E-state index in [-0.39, 0.29) is 0 Å². The molecule has 1 rings (SSSR count). The van der Waals surface area contributed by atoms with Gasteiger partial charge in [0, 0.05) is 7.11 Å². The summed E-state index contributed by atoms with van der Waals surface area (Å²) in [5, 5.41) is 0. The predicted molar refractivity (Wildman–Crippen MR) is 54.5 cm³/mol. The predicted octanol–water partition coefficient (Wildman–Crippen LogP) is 1.49. The molecule has 72 valence electrons. The number of hydrogen-bond acceptors (Lipinski definition) is 3. The van der Waals surface area contributed by atoms with Gasteiger partial charge in [-0.25, -0.2) is 0 Å². The highest BCUT2D eigenvalue weighted by Crippen LogP contribution is 2.27. The summed E-state index contributed by atoms with van der Waals surface area (Å²) in [5.41, 5.74) is 5.52. The van der Waals surface area contributed by atoms with Gasteiger partial charge in [0.25, 0.3) is 0 Å². The van der Waals surface area contributed by atoms with E-state index in [0.29, 0.717) is 6.10 Å². The lowest BCUT2D eigenvalue weighted by atomic mass is 9.96. The van der Waals surface area contributed by atoms with E-state index in [0.717, 1.165) is 18.9 Å². The van der Waals surface area contributed by atoms with Gasteiger partial charge in [0.05, 0.1) is 6.10 Å². The second-order valence-corrected chi connectivity index (χ2v) is 4.48. The third-order valence-electron chi connectivity index (χ3n) is 2.48. The molecule has 0 amide bonds. The Morgan fingerprint density at radius 3 is 3.00 bits per heavy atom. The van der Waals surface area contributed by atoms with E-state index in [2.05, 4.69) is 11.8 Å². The van der Waals surface area contributed by atoms with E-state index < -0.39 is 0 Å². The second-order valence-electron chi connectivity index (χ2n) is 3.33. The summed E-state index contributed by atoms with van der Waals surface area (Å²) >= 11 is 2.05. The van der Waals surface area contributed by atoms with Crippen molar-refractivity contribution in [3.05, 3.63) is 0 Å². The Morgan fingerprint density at radius 2 is 2.50 bits per heavy atom. The first kappa shape index (κ1) is 10.4. The van der Waals surface area contributed by atoms with Crippen molar-refractivity contribution in [1.29, 1.82) is 0 Å². The van der Waals surface area contributed by atoms with E-state index in [4.69, 9.17) is 10.5 Å². The Morgan fingerprint density at radius 1 is 1.67 bits per heavy atom. The van der Waals surface area contributed by atoms with Crippen molar-refractivity contribution in [3.63, 3.8) is 0 Å². The molecular weight excluding hydrogens is 170 g/mol. The molecule has 1 saturated heterocycles. The van der Waals surface area contributed by atoms with Gasteiger partial charge in [-0.15, -0.1) is 0 Å². The Labute approximate surface area is 79.2 Å². The van der Waals surface area contributed by atoms with Crippen LogP contribution in [0.1, 0.15) is 19.3 Å². The minimum atomic E-state index is 0.405. The number of methoxy groups -OCH3 is 1. The van der Waals surface area contributed by atoms with Crippen molar-refractivity contribution in [2.24, 2.45) is 11.7 Å². The molecule has 12 heavy (non-hydrogen) atoms. The van der Waals surface area contributed by atoms with Gasteiger partial charge in [0.2, 0.25) is 0 Å². The standard InChI is InChI=1S/C9H19NOS/c1-11-9(4-5-10)8-3-2-6-12-7-8/h8-9H,2-7,10H2,1H3. The zero-order valence-corrected chi connectivity index (χ0v) is 8.61. The molecule has 2 nitrogen and oxygen atoms in total. The fourth-order valence-corrected chi connectivity index (χ4v) is 2.99. The lowest BCUT2D eigenvalue weighted by Crippen LogP contribution is -2.29. The molecule has 0 aliphatic carbocycles. The smallest absolute Gasteiger partial charge is 0.0619 e. The maximum absolute atomic E-state index is 5.52. The average Bonchev–Trinajstić information content (AvgIpc) is 2.15. The number of hydrogen-bond donors (Lipinski definition) is 1. The molecular formula is C9H19NOS. The summed E-state index contributed by atoms with van der Waals surface area (Å²) in [7, 11) is 1.81. The topological polar surface area (TPSA) is 35.2 Å². The van der Waals surface area contributed by atoms with Crippen LogP contribution in [0, 0.1) is 5.92 Å². The van der Waals surface area contributed by atoms with Crippen LogP contribution in [0.15, 0.2) is 0 Å². The van der Waals surface area contributed by atoms with Gasteiger partial charge in [0.1, 0.15) is 0 Å². The van der Waals surface area contributed by atoms with Crippen LogP contribution in [0.4, 0.5) is 0 Å². The van der Waals surface area contributed by atoms with Crippen molar-refractivity contribution in [3.8, 4) is 0 Å². The van der Waals surface area contributed by atoms with Crippen LogP contribution in [0.3, 0.4) is 0 Å². The minimum absolute atomic E-state index is 0.405. The van der Waals surface area contributed by atoms with E-state index >= 15 is 0 Å². The van der Waals surface area contributed by atoms with Gasteiger partial charge >= 0.3 is 0 Å². The average molecular weight is 189 g/mol. The summed E-state index contributed by atoms with van der Waals surface area (Å²) in [6.45, 7) is 0.750. The zero-order chi connectivity index (χ0) is 8.81. The number of ether oxygens (including phenoxy) is 1. The maximum Gasteiger partial charge on any atom is 0.0619 e. The van der Waals surface area contributed by atoms with Crippen LogP contribution in [-0.4, -0.2) is 31.3 Å².